The smallest absolute Gasteiger partial charge is 0.278 e. The van der Waals surface area contributed by atoms with Crippen molar-refractivity contribution in [2.75, 3.05) is 0 Å². The van der Waals surface area contributed by atoms with Gasteiger partial charge in [-0.05, 0) is 34.4 Å². The minimum atomic E-state index is 0.932. The van der Waals surface area contributed by atoms with Crippen molar-refractivity contribution in [3.05, 3.63) is 101 Å². The van der Waals surface area contributed by atoms with E-state index in [0.717, 1.165) is 29.4 Å². The second-order valence-electron chi connectivity index (χ2n) is 8.66. The molecule has 0 radical (unpaired) electrons. The highest BCUT2D eigenvalue weighted by atomic mass is 16.3. The van der Waals surface area contributed by atoms with Crippen molar-refractivity contribution in [3.63, 3.8) is 0 Å². The number of rotatable bonds is 2. The maximum Gasteiger partial charge on any atom is 0.278 e. The lowest BCUT2D eigenvalue weighted by molar-refractivity contribution is -0.420. The Morgan fingerprint density at radius 3 is 2.68 bits per heavy atom. The monoisotopic (exact) mass is 403 g/mol. The van der Waals surface area contributed by atoms with Gasteiger partial charge in [0.25, 0.3) is 11.2 Å². The Bertz CT molecular complexity index is 1400. The molecule has 0 fully saturated rings. The van der Waals surface area contributed by atoms with Crippen LogP contribution in [0.1, 0.15) is 36.8 Å². The van der Waals surface area contributed by atoms with Crippen LogP contribution in [0.3, 0.4) is 0 Å². The maximum atomic E-state index is 6.51. The van der Waals surface area contributed by atoms with Crippen LogP contribution in [0, 0.1) is 13.0 Å². The zero-order chi connectivity index (χ0) is 20.9. The summed E-state index contributed by atoms with van der Waals surface area (Å²) in [6.45, 7) is 6.52. The van der Waals surface area contributed by atoms with Gasteiger partial charge in [-0.15, -0.1) is 12.1 Å². The number of hydrogen-bond acceptors (Lipinski definition) is 0. The number of allylic oxidation sites excluding steroid dienone is 2. The third kappa shape index (κ3) is 2.86. The first-order chi connectivity index (χ1) is 15.2. The van der Waals surface area contributed by atoms with E-state index in [1.807, 2.05) is 4.58 Å². The summed E-state index contributed by atoms with van der Waals surface area (Å²) in [5.74, 6) is 0. The quantitative estimate of drug-likeness (QED) is 0.191. The van der Waals surface area contributed by atoms with Gasteiger partial charge in [-0.2, -0.15) is 0 Å². The van der Waals surface area contributed by atoms with Crippen molar-refractivity contribution in [1.82, 2.24) is 0 Å². The second kappa shape index (κ2) is 7.02. The Morgan fingerprint density at radius 1 is 0.968 bits per heavy atom. The number of fused-ring (bicyclic) bond motifs is 3. The lowest BCUT2D eigenvalue weighted by Crippen LogP contribution is -2.23. The molecule has 3 aromatic carbocycles. The van der Waals surface area contributed by atoms with Crippen LogP contribution >= 0.6 is 0 Å². The molecule has 31 heavy (non-hydrogen) atoms. The summed E-state index contributed by atoms with van der Waals surface area (Å²) in [7, 11) is 0. The first-order valence-corrected chi connectivity index (χ1v) is 11.1. The first-order valence-electron chi connectivity index (χ1n) is 11.1. The van der Waals surface area contributed by atoms with Gasteiger partial charge in [0.05, 0.1) is 12.3 Å². The molecule has 1 aromatic heterocycles. The number of furan rings is 1. The van der Waals surface area contributed by atoms with Gasteiger partial charge in [0.2, 0.25) is 0 Å². The maximum absolute atomic E-state index is 6.51. The van der Waals surface area contributed by atoms with Crippen molar-refractivity contribution in [2.24, 2.45) is 0 Å². The van der Waals surface area contributed by atoms with Crippen LogP contribution in [0.4, 0.5) is 0 Å². The molecule has 2 heterocycles. The van der Waals surface area contributed by atoms with Crippen molar-refractivity contribution >= 4 is 28.7 Å². The average Bonchev–Trinajstić information content (AvgIpc) is 3.18. The summed E-state index contributed by atoms with van der Waals surface area (Å²) in [6, 6.07) is 22.7. The van der Waals surface area contributed by atoms with Gasteiger partial charge < -0.3 is 0 Å². The van der Waals surface area contributed by atoms with E-state index < -0.39 is 0 Å². The molecular weight excluding hydrogens is 378 g/mol. The molecular formula is C29H25NO. The normalized spacial score (nSPS) is 16.4. The Kier molecular flexibility index (Phi) is 4.14. The van der Waals surface area contributed by atoms with E-state index in [1.165, 1.54) is 57.7 Å². The Balaban J connectivity index is 1.59. The summed E-state index contributed by atoms with van der Waals surface area (Å²) in [5.41, 5.74) is 9.64. The zero-order valence-electron chi connectivity index (χ0n) is 17.8. The lowest BCUT2D eigenvalue weighted by Gasteiger charge is -2.30. The summed E-state index contributed by atoms with van der Waals surface area (Å²) >= 11 is 0. The molecule has 4 aromatic rings. The van der Waals surface area contributed by atoms with Crippen molar-refractivity contribution in [3.8, 4) is 11.1 Å². The molecule has 0 spiro atoms. The van der Waals surface area contributed by atoms with Crippen LogP contribution < -0.4 is 0 Å². The van der Waals surface area contributed by atoms with Gasteiger partial charge in [-0.1, -0.05) is 91.4 Å². The minimum Gasteiger partial charge on any atom is -0.286 e. The van der Waals surface area contributed by atoms with E-state index in [2.05, 4.69) is 86.6 Å². The fraction of sp³-hybridized carbons (Fsp3) is 0.172. The summed E-state index contributed by atoms with van der Waals surface area (Å²) in [4.78, 5) is 0. The highest BCUT2D eigenvalue weighted by Gasteiger charge is 2.33. The van der Waals surface area contributed by atoms with Gasteiger partial charge in [0.1, 0.15) is 6.20 Å². The third-order valence-electron chi connectivity index (χ3n) is 6.73. The third-order valence-corrected chi connectivity index (χ3v) is 6.73. The lowest BCUT2D eigenvalue weighted by atomic mass is 9.81. The van der Waals surface area contributed by atoms with E-state index in [9.17, 15) is 0 Å². The zero-order valence-corrected chi connectivity index (χ0v) is 17.8. The van der Waals surface area contributed by atoms with E-state index in [4.69, 9.17) is 4.42 Å². The average molecular weight is 404 g/mol. The highest BCUT2D eigenvalue weighted by Crippen LogP contribution is 2.44. The van der Waals surface area contributed by atoms with Crippen LogP contribution in [0.5, 0.6) is 0 Å². The molecule has 0 N–H and O–H groups in total. The van der Waals surface area contributed by atoms with Gasteiger partial charge in [-0.3, -0.25) is 8.99 Å². The first kappa shape index (κ1) is 18.3. The number of nitrogens with zero attached hydrogens (tertiary/aromatic N) is 1. The molecule has 0 atom stereocenters. The number of benzene rings is 3. The van der Waals surface area contributed by atoms with Crippen LogP contribution in [-0.4, -0.2) is 11.3 Å². The van der Waals surface area contributed by atoms with Gasteiger partial charge in [0, 0.05) is 0 Å². The van der Waals surface area contributed by atoms with Gasteiger partial charge >= 0.3 is 0 Å². The SMILES string of the molecule is C=[N+]1C=CC2=C(CCCC2)[C-]1c1c(C)ccc2c1[o+][c-]1ccc(-c3ccccc3)cc21. The molecule has 0 saturated carbocycles. The number of aryl methyl sites for hydroxylation is 1. The number of hydrogen-bond donors (Lipinski definition) is 0. The molecule has 2 aliphatic rings. The molecule has 2 heteroatoms. The van der Waals surface area contributed by atoms with E-state index in [0.29, 0.717) is 0 Å². The molecule has 0 amide bonds. The van der Waals surface area contributed by atoms with Gasteiger partial charge in [-0.25, -0.2) is 0 Å². The standard InChI is InChI=1S/C29H25NO/c1-19-12-14-24-25-18-22(20-8-4-3-5-9-20)13-15-26(25)31-29(24)27(19)28-23-11-7-6-10-21(23)16-17-30(28)2/h3-5,8-9,12-18H,2,6-7,10-11H2,1H3. The molecule has 1 aliphatic heterocycles. The predicted octanol–water partition coefficient (Wildman–Crippen LogP) is 7.55. The van der Waals surface area contributed by atoms with Gasteiger partial charge in [0.15, 0.2) is 6.04 Å². The van der Waals surface area contributed by atoms with Crippen LogP contribution in [0.25, 0.3) is 33.1 Å². The Labute approximate surface area is 182 Å². The van der Waals surface area contributed by atoms with Crippen LogP contribution in [-0.2, 0) is 0 Å². The summed E-state index contributed by atoms with van der Waals surface area (Å²) in [6.07, 6.45) is 9.11. The summed E-state index contributed by atoms with van der Waals surface area (Å²) < 4.78 is 8.55. The van der Waals surface area contributed by atoms with E-state index in [1.54, 1.807) is 0 Å². The van der Waals surface area contributed by atoms with Crippen molar-refractivity contribution in [1.29, 1.82) is 0 Å². The fourth-order valence-corrected chi connectivity index (χ4v) is 5.15. The van der Waals surface area contributed by atoms with Crippen LogP contribution in [0.15, 0.2) is 88.5 Å². The minimum absolute atomic E-state index is 0.932. The molecule has 1 aliphatic carbocycles. The van der Waals surface area contributed by atoms with E-state index in [-0.39, 0.29) is 0 Å². The predicted molar refractivity (Wildman–Crippen MR) is 128 cm³/mol. The Hall–Kier alpha value is -3.52. The molecule has 0 bridgehead atoms. The molecule has 152 valence electrons. The second-order valence-corrected chi connectivity index (χ2v) is 8.66. The van der Waals surface area contributed by atoms with Crippen molar-refractivity contribution in [2.45, 2.75) is 32.6 Å². The van der Waals surface area contributed by atoms with Crippen molar-refractivity contribution < 1.29 is 8.99 Å². The molecule has 6 rings (SSSR count). The summed E-state index contributed by atoms with van der Waals surface area (Å²) in [5, 5.41) is 2.33. The van der Waals surface area contributed by atoms with Crippen LogP contribution in [0.2, 0.25) is 0 Å². The fourth-order valence-electron chi connectivity index (χ4n) is 5.15. The highest BCUT2D eigenvalue weighted by molar-refractivity contribution is 6.08. The topological polar surface area (TPSA) is 14.3 Å². The molecule has 2 nitrogen and oxygen atoms in total. The molecule has 0 saturated heterocycles. The Morgan fingerprint density at radius 2 is 1.81 bits per heavy atom. The van der Waals surface area contributed by atoms with E-state index >= 15 is 0 Å². The largest absolute Gasteiger partial charge is 0.286 e. The molecule has 0 unspecified atom stereocenters.